The first kappa shape index (κ1) is 17.7. The summed E-state index contributed by atoms with van der Waals surface area (Å²) >= 11 is 5.13. The predicted molar refractivity (Wildman–Crippen MR) is 86.7 cm³/mol. The Kier molecular flexibility index (Phi) is 7.23. The summed E-state index contributed by atoms with van der Waals surface area (Å²) < 4.78 is 28.4. The highest BCUT2D eigenvalue weighted by molar-refractivity contribution is 7.91. The third kappa shape index (κ3) is 6.88. The van der Waals surface area contributed by atoms with Crippen LogP contribution in [0, 0.1) is 0 Å². The van der Waals surface area contributed by atoms with Gasteiger partial charge in [0, 0.05) is 0 Å². The highest BCUT2D eigenvalue weighted by Crippen LogP contribution is 2.22. The fraction of sp³-hybridized carbons (Fsp3) is 0.929. The van der Waals surface area contributed by atoms with E-state index in [0.717, 1.165) is 12.8 Å². The van der Waals surface area contributed by atoms with Gasteiger partial charge in [0.15, 0.2) is 9.84 Å². The molecule has 0 aromatic rings. The van der Waals surface area contributed by atoms with Gasteiger partial charge < -0.3 is 10.1 Å². The molecule has 0 aromatic carbocycles. The van der Waals surface area contributed by atoms with Gasteiger partial charge in [-0.2, -0.15) is 0 Å². The highest BCUT2D eigenvalue weighted by Gasteiger charge is 2.39. The number of rotatable bonds is 8. The van der Waals surface area contributed by atoms with Crippen LogP contribution in [0.3, 0.4) is 0 Å². The molecule has 0 saturated carbocycles. The number of sulfone groups is 1. The average molecular weight is 322 g/mol. The van der Waals surface area contributed by atoms with Crippen molar-refractivity contribution < 1.29 is 13.2 Å². The summed E-state index contributed by atoms with van der Waals surface area (Å²) in [5, 5.41) is 3.38. The zero-order valence-electron chi connectivity index (χ0n) is 12.6. The molecule has 1 fully saturated rings. The summed E-state index contributed by atoms with van der Waals surface area (Å²) in [5.41, 5.74) is -0.461. The number of hydrogen-bond donors (Lipinski definition) is 1. The molecule has 0 radical (unpaired) electrons. The Bertz CT molecular complexity index is 409. The normalized spacial score (nSPS) is 24.5. The van der Waals surface area contributed by atoms with E-state index in [1.54, 1.807) is 0 Å². The van der Waals surface area contributed by atoms with E-state index in [-0.39, 0.29) is 11.5 Å². The summed E-state index contributed by atoms with van der Waals surface area (Å²) in [6.45, 7) is 4.70. The van der Waals surface area contributed by atoms with Crippen molar-refractivity contribution in [1.82, 2.24) is 5.32 Å². The van der Waals surface area contributed by atoms with E-state index in [9.17, 15) is 8.42 Å². The molecular formula is C14H27NO3S2. The van der Waals surface area contributed by atoms with Gasteiger partial charge in [0.1, 0.15) is 0 Å². The second kappa shape index (κ2) is 8.17. The first-order valence-corrected chi connectivity index (χ1v) is 9.75. The summed E-state index contributed by atoms with van der Waals surface area (Å²) in [4.78, 5) is 0. The Morgan fingerprint density at radius 2 is 1.90 bits per heavy atom. The molecule has 1 aliphatic rings. The number of thiocarbonyl (C=S) groups is 1. The molecule has 118 valence electrons. The third-order valence-electron chi connectivity index (χ3n) is 3.64. The minimum atomic E-state index is -2.92. The highest BCUT2D eigenvalue weighted by atomic mass is 32.2. The molecule has 0 bridgehead atoms. The minimum Gasteiger partial charge on any atom is -0.471 e. The molecule has 6 heteroatoms. The summed E-state index contributed by atoms with van der Waals surface area (Å²) in [7, 11) is -2.92. The predicted octanol–water partition coefficient (Wildman–Crippen LogP) is 2.82. The molecule has 4 nitrogen and oxygen atoms in total. The van der Waals surface area contributed by atoms with Crippen LogP contribution in [0.15, 0.2) is 0 Å². The second-order valence-corrected chi connectivity index (χ2v) is 8.49. The number of nitrogens with one attached hydrogen (secondary N) is 1. The van der Waals surface area contributed by atoms with Crippen molar-refractivity contribution in [2.75, 3.05) is 18.1 Å². The van der Waals surface area contributed by atoms with Crippen LogP contribution in [0.2, 0.25) is 0 Å². The maximum atomic E-state index is 11.5. The van der Waals surface area contributed by atoms with Gasteiger partial charge in [-0.25, -0.2) is 8.42 Å². The molecule has 1 atom stereocenters. The van der Waals surface area contributed by atoms with Gasteiger partial charge in [-0.05, 0) is 32.0 Å². The summed E-state index contributed by atoms with van der Waals surface area (Å²) in [5.74, 6) is 0.372. The van der Waals surface area contributed by atoms with Crippen molar-refractivity contribution in [1.29, 1.82) is 0 Å². The van der Waals surface area contributed by atoms with Gasteiger partial charge in [0.2, 0.25) is 0 Å². The van der Waals surface area contributed by atoms with Crippen LogP contribution in [0.25, 0.3) is 0 Å². The Hall–Kier alpha value is -0.360. The molecule has 1 saturated heterocycles. The number of unbranched alkanes of at least 4 members (excludes halogenated alkanes) is 5. The van der Waals surface area contributed by atoms with Crippen LogP contribution in [-0.4, -0.2) is 37.2 Å². The standard InChI is InChI=1S/C14H27NO3S2/c1-3-4-5-6-7-8-10-18-13(19)15-14(2)9-11-20(16,17)12-14/h3-12H2,1-2H3,(H,15,19). The first-order valence-electron chi connectivity index (χ1n) is 7.52. The minimum absolute atomic E-state index is 0.139. The molecule has 0 amide bonds. The maximum Gasteiger partial charge on any atom is 0.257 e. The van der Waals surface area contributed by atoms with Gasteiger partial charge in [0.05, 0.1) is 23.7 Å². The quantitative estimate of drug-likeness (QED) is 0.550. The molecule has 0 aliphatic carbocycles. The first-order chi connectivity index (χ1) is 9.37. The third-order valence-corrected chi connectivity index (χ3v) is 5.76. The Morgan fingerprint density at radius 1 is 1.25 bits per heavy atom. The lowest BCUT2D eigenvalue weighted by Crippen LogP contribution is -2.47. The van der Waals surface area contributed by atoms with E-state index in [4.69, 9.17) is 17.0 Å². The van der Waals surface area contributed by atoms with Crippen molar-refractivity contribution in [3.05, 3.63) is 0 Å². The van der Waals surface area contributed by atoms with Gasteiger partial charge in [-0.3, -0.25) is 0 Å². The summed E-state index contributed by atoms with van der Waals surface area (Å²) in [6, 6.07) is 0. The van der Waals surface area contributed by atoms with Crippen molar-refractivity contribution in [3.8, 4) is 0 Å². The van der Waals surface area contributed by atoms with Crippen LogP contribution >= 0.6 is 12.2 Å². The van der Waals surface area contributed by atoms with E-state index in [2.05, 4.69) is 12.2 Å². The Morgan fingerprint density at radius 3 is 2.50 bits per heavy atom. The van der Waals surface area contributed by atoms with Crippen molar-refractivity contribution in [3.63, 3.8) is 0 Å². The fourth-order valence-electron chi connectivity index (χ4n) is 2.44. The van der Waals surface area contributed by atoms with E-state index >= 15 is 0 Å². The molecule has 1 heterocycles. The van der Waals surface area contributed by atoms with Crippen LogP contribution in [-0.2, 0) is 14.6 Å². The van der Waals surface area contributed by atoms with E-state index < -0.39 is 15.4 Å². The van der Waals surface area contributed by atoms with Crippen LogP contribution in [0.4, 0.5) is 0 Å². The SMILES string of the molecule is CCCCCCCCOC(=S)NC1(C)CCS(=O)(=O)C1. The number of hydrogen-bond acceptors (Lipinski definition) is 4. The molecule has 1 N–H and O–H groups in total. The van der Waals surface area contributed by atoms with Gasteiger partial charge in [-0.15, -0.1) is 0 Å². The molecule has 20 heavy (non-hydrogen) atoms. The van der Waals surface area contributed by atoms with E-state index in [0.29, 0.717) is 18.2 Å². The Labute approximate surface area is 128 Å². The largest absolute Gasteiger partial charge is 0.471 e. The van der Waals surface area contributed by atoms with E-state index in [1.165, 1.54) is 25.7 Å². The number of ether oxygens (including phenoxy) is 1. The van der Waals surface area contributed by atoms with Crippen LogP contribution < -0.4 is 5.32 Å². The molecule has 1 rings (SSSR count). The average Bonchev–Trinajstić information content (AvgIpc) is 2.62. The maximum absolute atomic E-state index is 11.5. The topological polar surface area (TPSA) is 55.4 Å². The van der Waals surface area contributed by atoms with Crippen molar-refractivity contribution in [2.45, 2.75) is 64.3 Å². The van der Waals surface area contributed by atoms with Crippen molar-refractivity contribution in [2.24, 2.45) is 0 Å². The lowest BCUT2D eigenvalue weighted by molar-refractivity contribution is 0.272. The fourth-order valence-corrected chi connectivity index (χ4v) is 4.86. The zero-order chi connectivity index (χ0) is 15.1. The lowest BCUT2D eigenvalue weighted by Gasteiger charge is -2.25. The van der Waals surface area contributed by atoms with Crippen LogP contribution in [0.5, 0.6) is 0 Å². The van der Waals surface area contributed by atoms with Gasteiger partial charge in [-0.1, -0.05) is 39.0 Å². The van der Waals surface area contributed by atoms with Gasteiger partial charge in [0.25, 0.3) is 5.17 Å². The molecule has 0 aromatic heterocycles. The molecule has 1 unspecified atom stereocenters. The molecule has 0 spiro atoms. The smallest absolute Gasteiger partial charge is 0.257 e. The molecule has 1 aliphatic heterocycles. The Balaban J connectivity index is 2.12. The second-order valence-electron chi connectivity index (χ2n) is 5.93. The zero-order valence-corrected chi connectivity index (χ0v) is 14.2. The summed E-state index contributed by atoms with van der Waals surface area (Å²) in [6.07, 6.45) is 7.84. The van der Waals surface area contributed by atoms with Crippen LogP contribution in [0.1, 0.15) is 58.8 Å². The van der Waals surface area contributed by atoms with Crippen molar-refractivity contribution >= 4 is 27.2 Å². The van der Waals surface area contributed by atoms with E-state index in [1.807, 2.05) is 6.92 Å². The lowest BCUT2D eigenvalue weighted by atomic mass is 10.0. The molecular weight excluding hydrogens is 294 g/mol. The monoisotopic (exact) mass is 321 g/mol. The van der Waals surface area contributed by atoms with Gasteiger partial charge >= 0.3 is 0 Å².